The van der Waals surface area contributed by atoms with Gasteiger partial charge in [-0.05, 0) is 18.9 Å². The largest absolute Gasteiger partial charge is 0.496 e. The third kappa shape index (κ3) is 11.3. The number of ether oxygens (including phenoxy) is 1. The molecule has 13 heavy (non-hydrogen) atoms. The van der Waals surface area contributed by atoms with Gasteiger partial charge in [0, 0.05) is 0 Å². The Morgan fingerprint density at radius 1 is 1.08 bits per heavy atom. The Labute approximate surface area is 82.5 Å². The molecule has 76 valence electrons. The fourth-order valence-corrected chi connectivity index (χ4v) is 1.23. The standard InChI is InChI=1S/C12H22O/c1-3-4-5-6-7-8-9-10-11-12-13-2/h10,12H,3-9H2,1-2H3. The lowest BCUT2D eigenvalue weighted by molar-refractivity contribution is 0.339. The van der Waals surface area contributed by atoms with Crippen LogP contribution in [0.5, 0.6) is 0 Å². The fraction of sp³-hybridized carbons (Fsp3) is 0.750. The highest BCUT2D eigenvalue weighted by Crippen LogP contribution is 2.06. The van der Waals surface area contributed by atoms with E-state index in [-0.39, 0.29) is 0 Å². The minimum atomic E-state index is 1.13. The monoisotopic (exact) mass is 182 g/mol. The molecular weight excluding hydrogens is 160 g/mol. The summed E-state index contributed by atoms with van der Waals surface area (Å²) in [4.78, 5) is 0. The molecule has 0 unspecified atom stereocenters. The highest BCUT2D eigenvalue weighted by atomic mass is 16.5. The Hall–Kier alpha value is -0.680. The first-order valence-electron chi connectivity index (χ1n) is 5.34. The van der Waals surface area contributed by atoms with Crippen molar-refractivity contribution in [2.24, 2.45) is 0 Å². The van der Waals surface area contributed by atoms with Gasteiger partial charge in [-0.25, -0.2) is 0 Å². The third-order valence-corrected chi connectivity index (χ3v) is 2.01. The van der Waals surface area contributed by atoms with Crippen LogP contribution in [0.1, 0.15) is 51.9 Å². The summed E-state index contributed by atoms with van der Waals surface area (Å²) in [6.45, 7) is 2.25. The van der Waals surface area contributed by atoms with Gasteiger partial charge in [0.05, 0.1) is 7.11 Å². The second kappa shape index (κ2) is 11.3. The van der Waals surface area contributed by atoms with Crippen LogP contribution < -0.4 is 0 Å². The molecule has 0 N–H and O–H groups in total. The minimum absolute atomic E-state index is 1.13. The number of allylic oxidation sites excluding steroid dienone is 1. The molecule has 0 aliphatic heterocycles. The van der Waals surface area contributed by atoms with E-state index in [4.69, 9.17) is 4.74 Å². The number of methoxy groups -OCH3 is 1. The van der Waals surface area contributed by atoms with Crippen molar-refractivity contribution in [2.45, 2.75) is 51.9 Å². The first-order valence-corrected chi connectivity index (χ1v) is 5.34. The summed E-state index contributed by atoms with van der Waals surface area (Å²) in [6.07, 6.45) is 12.9. The maximum Gasteiger partial charge on any atom is 0.124 e. The van der Waals surface area contributed by atoms with Crippen molar-refractivity contribution in [3.05, 3.63) is 18.1 Å². The highest BCUT2D eigenvalue weighted by Gasteiger charge is 1.87. The topological polar surface area (TPSA) is 9.23 Å². The Bertz CT molecular complexity index is 143. The average Bonchev–Trinajstić information content (AvgIpc) is 2.16. The first-order chi connectivity index (χ1) is 6.41. The quantitative estimate of drug-likeness (QED) is 0.312. The van der Waals surface area contributed by atoms with Crippen molar-refractivity contribution in [2.75, 3.05) is 7.11 Å². The molecule has 0 spiro atoms. The summed E-state index contributed by atoms with van der Waals surface area (Å²) in [5, 5.41) is 0. The number of hydrogen-bond acceptors (Lipinski definition) is 1. The average molecular weight is 182 g/mol. The van der Waals surface area contributed by atoms with Crippen LogP contribution in [0.15, 0.2) is 18.1 Å². The van der Waals surface area contributed by atoms with Crippen LogP contribution in [0.4, 0.5) is 0 Å². The van der Waals surface area contributed by atoms with Gasteiger partial charge >= 0.3 is 0 Å². The molecule has 0 rings (SSSR count). The van der Waals surface area contributed by atoms with Gasteiger partial charge in [0.15, 0.2) is 0 Å². The van der Waals surface area contributed by atoms with Gasteiger partial charge < -0.3 is 4.74 Å². The summed E-state index contributed by atoms with van der Waals surface area (Å²) in [5.41, 5.74) is 2.96. The second-order valence-electron chi connectivity index (χ2n) is 3.28. The summed E-state index contributed by atoms with van der Waals surface area (Å²) >= 11 is 0. The van der Waals surface area contributed by atoms with Crippen molar-refractivity contribution in [3.8, 4) is 0 Å². The van der Waals surface area contributed by atoms with Crippen molar-refractivity contribution in [1.82, 2.24) is 0 Å². The SMILES string of the molecule is CCCCCCCCC=C=COC. The number of rotatable bonds is 8. The van der Waals surface area contributed by atoms with E-state index in [0.717, 1.165) is 6.42 Å². The molecule has 0 heterocycles. The smallest absolute Gasteiger partial charge is 0.124 e. The summed E-state index contributed by atoms with van der Waals surface area (Å²) in [5.74, 6) is 0. The van der Waals surface area contributed by atoms with E-state index < -0.39 is 0 Å². The molecule has 0 bridgehead atoms. The summed E-state index contributed by atoms with van der Waals surface area (Å²) in [7, 11) is 1.64. The summed E-state index contributed by atoms with van der Waals surface area (Å²) in [6, 6.07) is 0. The molecule has 0 aromatic rings. The van der Waals surface area contributed by atoms with Crippen LogP contribution >= 0.6 is 0 Å². The molecule has 0 fully saturated rings. The van der Waals surface area contributed by atoms with Crippen molar-refractivity contribution < 1.29 is 4.74 Å². The molecule has 1 nitrogen and oxygen atoms in total. The van der Waals surface area contributed by atoms with E-state index in [1.165, 1.54) is 38.5 Å². The molecule has 0 saturated heterocycles. The Morgan fingerprint density at radius 2 is 1.77 bits per heavy atom. The van der Waals surface area contributed by atoms with Gasteiger partial charge in [0.25, 0.3) is 0 Å². The Morgan fingerprint density at radius 3 is 2.46 bits per heavy atom. The molecule has 0 aromatic carbocycles. The molecule has 0 aliphatic carbocycles. The van der Waals surface area contributed by atoms with Crippen LogP contribution in [0, 0.1) is 0 Å². The Balaban J connectivity index is 3.03. The number of unbranched alkanes of at least 4 members (excludes halogenated alkanes) is 6. The van der Waals surface area contributed by atoms with Crippen molar-refractivity contribution in [3.63, 3.8) is 0 Å². The predicted octanol–water partition coefficient (Wildman–Crippen LogP) is 4.05. The zero-order valence-corrected chi connectivity index (χ0v) is 9.01. The van der Waals surface area contributed by atoms with Gasteiger partial charge in [-0.2, -0.15) is 0 Å². The molecule has 0 radical (unpaired) electrons. The van der Waals surface area contributed by atoms with E-state index in [2.05, 4.69) is 12.7 Å². The molecular formula is C12H22O. The molecule has 0 amide bonds. The van der Waals surface area contributed by atoms with E-state index in [0.29, 0.717) is 0 Å². The molecule has 0 atom stereocenters. The van der Waals surface area contributed by atoms with Crippen LogP contribution in [-0.4, -0.2) is 7.11 Å². The van der Waals surface area contributed by atoms with Gasteiger partial charge in [0.2, 0.25) is 0 Å². The molecule has 0 aromatic heterocycles. The van der Waals surface area contributed by atoms with Gasteiger partial charge in [0.1, 0.15) is 6.26 Å². The van der Waals surface area contributed by atoms with E-state index in [1.54, 1.807) is 13.4 Å². The van der Waals surface area contributed by atoms with Gasteiger partial charge in [-0.15, -0.1) is 0 Å². The fourth-order valence-electron chi connectivity index (χ4n) is 1.23. The maximum atomic E-state index is 4.73. The van der Waals surface area contributed by atoms with Crippen LogP contribution in [0.25, 0.3) is 0 Å². The van der Waals surface area contributed by atoms with Gasteiger partial charge in [-0.1, -0.05) is 44.8 Å². The number of hydrogen-bond donors (Lipinski definition) is 0. The van der Waals surface area contributed by atoms with Crippen molar-refractivity contribution in [1.29, 1.82) is 0 Å². The molecule has 0 aliphatic rings. The van der Waals surface area contributed by atoms with Crippen LogP contribution in [0.3, 0.4) is 0 Å². The molecule has 1 heteroatoms. The molecule has 0 saturated carbocycles. The van der Waals surface area contributed by atoms with Gasteiger partial charge in [-0.3, -0.25) is 0 Å². The predicted molar refractivity (Wildman–Crippen MR) is 57.7 cm³/mol. The van der Waals surface area contributed by atoms with Crippen LogP contribution in [-0.2, 0) is 4.74 Å². The normalized spacial score (nSPS) is 9.08. The lowest BCUT2D eigenvalue weighted by atomic mass is 10.1. The third-order valence-electron chi connectivity index (χ3n) is 2.01. The van der Waals surface area contributed by atoms with Crippen LogP contribution in [0.2, 0.25) is 0 Å². The lowest BCUT2D eigenvalue weighted by Gasteiger charge is -1.96. The maximum absolute atomic E-state index is 4.73. The first kappa shape index (κ1) is 12.3. The zero-order chi connectivity index (χ0) is 9.78. The second-order valence-corrected chi connectivity index (χ2v) is 3.28. The Kier molecular flexibility index (Phi) is 10.7. The van der Waals surface area contributed by atoms with E-state index >= 15 is 0 Å². The highest BCUT2D eigenvalue weighted by molar-refractivity contribution is 4.78. The lowest BCUT2D eigenvalue weighted by Crippen LogP contribution is -1.77. The minimum Gasteiger partial charge on any atom is -0.496 e. The summed E-state index contributed by atoms with van der Waals surface area (Å²) < 4.78 is 4.73. The zero-order valence-electron chi connectivity index (χ0n) is 9.01. The van der Waals surface area contributed by atoms with Crippen molar-refractivity contribution >= 4 is 0 Å². The van der Waals surface area contributed by atoms with E-state index in [1.807, 2.05) is 6.08 Å². The van der Waals surface area contributed by atoms with E-state index in [9.17, 15) is 0 Å².